The number of esters is 1. The third-order valence-electron chi connectivity index (χ3n) is 1.94. The lowest BCUT2D eigenvalue weighted by Crippen LogP contribution is -2.11. The van der Waals surface area contributed by atoms with Crippen LogP contribution >= 0.6 is 11.6 Å². The zero-order valence-corrected chi connectivity index (χ0v) is 9.95. The van der Waals surface area contributed by atoms with Crippen LogP contribution in [0, 0.1) is 10.1 Å². The molecule has 1 heterocycles. The maximum atomic E-state index is 11.5. The van der Waals surface area contributed by atoms with E-state index in [0.717, 1.165) is 6.20 Å². The summed E-state index contributed by atoms with van der Waals surface area (Å²) in [5.74, 6) is -0.691. The minimum atomic E-state index is -0.704. The molecule has 17 heavy (non-hydrogen) atoms. The Morgan fingerprint density at radius 3 is 2.82 bits per heavy atom. The topological polar surface area (TPSA) is 94.4 Å². The Kier molecular flexibility index (Phi) is 4.22. The summed E-state index contributed by atoms with van der Waals surface area (Å²) < 4.78 is 4.76. The number of carbonyl (C=O) groups is 1. The summed E-state index contributed by atoms with van der Waals surface area (Å²) >= 11 is 5.61. The minimum absolute atomic E-state index is 0.00606. The second kappa shape index (κ2) is 5.44. The fourth-order valence-corrected chi connectivity index (χ4v) is 1.47. The molecule has 0 aliphatic heterocycles. The molecule has 0 aliphatic rings. The zero-order valence-electron chi connectivity index (χ0n) is 9.19. The van der Waals surface area contributed by atoms with Gasteiger partial charge >= 0.3 is 11.7 Å². The maximum absolute atomic E-state index is 11.5. The highest BCUT2D eigenvalue weighted by Crippen LogP contribution is 2.33. The summed E-state index contributed by atoms with van der Waals surface area (Å²) in [5.41, 5.74) is -0.474. The molecule has 1 aromatic heterocycles. The Hall–Kier alpha value is -1.89. The van der Waals surface area contributed by atoms with Gasteiger partial charge in [0.05, 0.1) is 11.5 Å². The quantitative estimate of drug-likeness (QED) is 0.384. The Balaban J connectivity index is 3.38. The van der Waals surface area contributed by atoms with E-state index in [4.69, 9.17) is 16.3 Å². The van der Waals surface area contributed by atoms with Gasteiger partial charge in [-0.05, 0) is 6.92 Å². The predicted molar refractivity (Wildman–Crippen MR) is 61.4 cm³/mol. The fourth-order valence-electron chi connectivity index (χ4n) is 1.26. The molecule has 1 N–H and O–H groups in total. The number of halogens is 1. The number of nitrogens with one attached hydrogen (secondary N) is 1. The molecule has 7 nitrogen and oxygen atoms in total. The second-order valence-corrected chi connectivity index (χ2v) is 3.27. The van der Waals surface area contributed by atoms with E-state index < -0.39 is 16.6 Å². The molecule has 8 heteroatoms. The molecule has 1 rings (SSSR count). The number of ether oxygens (including phenoxy) is 1. The van der Waals surface area contributed by atoms with Crippen LogP contribution in [-0.2, 0) is 4.74 Å². The monoisotopic (exact) mass is 259 g/mol. The highest BCUT2D eigenvalue weighted by molar-refractivity contribution is 6.32. The minimum Gasteiger partial charge on any atom is -0.462 e. The third kappa shape index (κ3) is 2.62. The number of anilines is 1. The van der Waals surface area contributed by atoms with Crippen LogP contribution in [-0.4, -0.2) is 29.5 Å². The number of aromatic nitrogens is 1. The molecule has 0 spiro atoms. The molecular weight excluding hydrogens is 250 g/mol. The first kappa shape index (κ1) is 13.2. The van der Waals surface area contributed by atoms with Gasteiger partial charge in [0.1, 0.15) is 11.3 Å². The van der Waals surface area contributed by atoms with Gasteiger partial charge in [-0.25, -0.2) is 9.78 Å². The van der Waals surface area contributed by atoms with Crippen LogP contribution in [0.5, 0.6) is 0 Å². The number of hydrogen-bond donors (Lipinski definition) is 1. The van der Waals surface area contributed by atoms with Gasteiger partial charge in [0, 0.05) is 13.2 Å². The Morgan fingerprint density at radius 2 is 2.35 bits per heavy atom. The van der Waals surface area contributed by atoms with Crippen molar-refractivity contribution in [3.8, 4) is 0 Å². The molecule has 0 amide bonds. The summed E-state index contributed by atoms with van der Waals surface area (Å²) in [6, 6.07) is 0. The van der Waals surface area contributed by atoms with Crippen molar-refractivity contribution in [2.24, 2.45) is 0 Å². The average molecular weight is 260 g/mol. The Labute approximate surface area is 102 Å². The van der Waals surface area contributed by atoms with E-state index >= 15 is 0 Å². The lowest BCUT2D eigenvalue weighted by atomic mass is 10.2. The van der Waals surface area contributed by atoms with Gasteiger partial charge in [-0.1, -0.05) is 11.6 Å². The van der Waals surface area contributed by atoms with Gasteiger partial charge in [0.25, 0.3) is 0 Å². The first-order valence-corrected chi connectivity index (χ1v) is 5.08. The van der Waals surface area contributed by atoms with E-state index in [9.17, 15) is 14.9 Å². The van der Waals surface area contributed by atoms with Crippen LogP contribution in [0.25, 0.3) is 0 Å². The lowest BCUT2D eigenvalue weighted by molar-refractivity contribution is -0.384. The van der Waals surface area contributed by atoms with Gasteiger partial charge in [-0.2, -0.15) is 0 Å². The van der Waals surface area contributed by atoms with Gasteiger partial charge in [-0.15, -0.1) is 0 Å². The lowest BCUT2D eigenvalue weighted by Gasteiger charge is -2.08. The molecule has 0 fully saturated rings. The van der Waals surface area contributed by atoms with Crippen LogP contribution in [0.2, 0.25) is 5.15 Å². The molecule has 0 radical (unpaired) electrons. The normalized spacial score (nSPS) is 9.82. The first-order chi connectivity index (χ1) is 8.02. The van der Waals surface area contributed by atoms with Crippen molar-refractivity contribution in [3.05, 3.63) is 27.0 Å². The van der Waals surface area contributed by atoms with Crippen molar-refractivity contribution in [2.75, 3.05) is 19.0 Å². The number of carbonyl (C=O) groups excluding carboxylic acids is 1. The van der Waals surface area contributed by atoms with Gasteiger partial charge in [0.2, 0.25) is 5.15 Å². The van der Waals surface area contributed by atoms with E-state index in [2.05, 4.69) is 10.3 Å². The van der Waals surface area contributed by atoms with E-state index in [1.165, 1.54) is 7.05 Å². The highest BCUT2D eigenvalue weighted by atomic mass is 35.5. The van der Waals surface area contributed by atoms with Gasteiger partial charge in [-0.3, -0.25) is 10.1 Å². The van der Waals surface area contributed by atoms with Crippen molar-refractivity contribution in [1.82, 2.24) is 4.98 Å². The van der Waals surface area contributed by atoms with Crippen molar-refractivity contribution in [2.45, 2.75) is 6.92 Å². The Morgan fingerprint density at radius 1 is 1.71 bits per heavy atom. The molecule has 0 bridgehead atoms. The van der Waals surface area contributed by atoms with Crippen molar-refractivity contribution in [3.63, 3.8) is 0 Å². The summed E-state index contributed by atoms with van der Waals surface area (Å²) in [6.45, 7) is 1.80. The maximum Gasteiger partial charge on any atom is 0.342 e. The Bertz CT molecular complexity index is 464. The first-order valence-electron chi connectivity index (χ1n) is 4.70. The SMILES string of the molecule is CCOC(=O)c1cnc(Cl)c([N+](=O)[O-])c1NC. The number of pyridine rings is 1. The molecule has 0 saturated heterocycles. The van der Waals surface area contributed by atoms with Gasteiger partial charge in [0.15, 0.2) is 0 Å². The number of nitro groups is 1. The molecule has 92 valence electrons. The zero-order chi connectivity index (χ0) is 13.0. The fraction of sp³-hybridized carbons (Fsp3) is 0.333. The largest absolute Gasteiger partial charge is 0.462 e. The molecule has 0 aromatic carbocycles. The van der Waals surface area contributed by atoms with E-state index in [1.807, 2.05) is 0 Å². The van der Waals surface area contributed by atoms with E-state index in [0.29, 0.717) is 0 Å². The molecule has 0 atom stereocenters. The molecule has 0 unspecified atom stereocenters. The second-order valence-electron chi connectivity index (χ2n) is 2.91. The summed E-state index contributed by atoms with van der Waals surface area (Å²) in [6.07, 6.45) is 1.14. The van der Waals surface area contributed by atoms with Crippen molar-refractivity contribution in [1.29, 1.82) is 0 Å². The molecular formula is C9H10ClN3O4. The smallest absolute Gasteiger partial charge is 0.342 e. The average Bonchev–Trinajstić information content (AvgIpc) is 2.27. The highest BCUT2D eigenvalue weighted by Gasteiger charge is 2.26. The predicted octanol–water partition coefficient (Wildman–Crippen LogP) is 1.86. The van der Waals surface area contributed by atoms with Crippen LogP contribution in [0.3, 0.4) is 0 Å². The van der Waals surface area contributed by atoms with E-state index in [-0.39, 0.29) is 23.0 Å². The van der Waals surface area contributed by atoms with Gasteiger partial charge < -0.3 is 10.1 Å². The van der Waals surface area contributed by atoms with Crippen LogP contribution < -0.4 is 5.32 Å². The number of rotatable bonds is 4. The van der Waals surface area contributed by atoms with Crippen LogP contribution in [0.1, 0.15) is 17.3 Å². The third-order valence-corrected chi connectivity index (χ3v) is 2.21. The molecule has 1 aromatic rings. The molecule has 0 aliphatic carbocycles. The van der Waals surface area contributed by atoms with E-state index in [1.54, 1.807) is 6.92 Å². The van der Waals surface area contributed by atoms with Crippen molar-refractivity contribution >= 4 is 28.9 Å². The summed E-state index contributed by atoms with van der Waals surface area (Å²) in [5, 5.41) is 13.1. The number of nitrogens with zero attached hydrogens (tertiary/aromatic N) is 2. The van der Waals surface area contributed by atoms with Crippen LogP contribution in [0.4, 0.5) is 11.4 Å². The molecule has 0 saturated carbocycles. The summed E-state index contributed by atoms with van der Waals surface area (Å²) in [7, 11) is 1.45. The number of hydrogen-bond acceptors (Lipinski definition) is 6. The summed E-state index contributed by atoms with van der Waals surface area (Å²) in [4.78, 5) is 25.3. The van der Waals surface area contributed by atoms with Crippen LogP contribution in [0.15, 0.2) is 6.20 Å². The standard InChI is InChI=1S/C9H10ClN3O4/c1-3-17-9(14)5-4-12-8(10)7(13(15)16)6(5)11-2/h4H,3H2,1-2H3,(H,11,12). The van der Waals surface area contributed by atoms with Crippen molar-refractivity contribution < 1.29 is 14.5 Å².